The van der Waals surface area contributed by atoms with Gasteiger partial charge in [0.15, 0.2) is 11.5 Å². The molecule has 0 spiro atoms. The Kier molecular flexibility index (Phi) is 5.65. The van der Waals surface area contributed by atoms with Crippen LogP contribution in [0.25, 0.3) is 6.08 Å². The molecule has 7 nitrogen and oxygen atoms in total. The van der Waals surface area contributed by atoms with Crippen molar-refractivity contribution in [2.75, 3.05) is 33.6 Å². The molecule has 0 radical (unpaired) electrons. The van der Waals surface area contributed by atoms with Crippen LogP contribution in [0, 0.1) is 13.8 Å². The molecule has 144 valence electrons. The highest BCUT2D eigenvalue weighted by Crippen LogP contribution is 2.40. The van der Waals surface area contributed by atoms with Crippen LogP contribution in [0.1, 0.15) is 27.4 Å². The molecule has 1 fully saturated rings. The van der Waals surface area contributed by atoms with Crippen molar-refractivity contribution in [3.63, 3.8) is 0 Å². The fraction of sp³-hybridized carbons (Fsp3) is 0.368. The van der Waals surface area contributed by atoms with Crippen molar-refractivity contribution in [3.05, 3.63) is 39.7 Å². The number of hydrogen-bond acceptors (Lipinski definition) is 7. The van der Waals surface area contributed by atoms with Crippen LogP contribution in [0.2, 0.25) is 0 Å². The Morgan fingerprint density at radius 3 is 2.37 bits per heavy atom. The first kappa shape index (κ1) is 19.2. The number of aryl methyl sites for hydroxylation is 2. The molecule has 0 unspecified atom stereocenters. The Labute approximate surface area is 162 Å². The van der Waals surface area contributed by atoms with E-state index in [4.69, 9.17) is 18.7 Å². The van der Waals surface area contributed by atoms with Gasteiger partial charge in [-0.15, -0.1) is 11.8 Å². The minimum absolute atomic E-state index is 0.128. The van der Waals surface area contributed by atoms with Crippen molar-refractivity contribution >= 4 is 23.7 Å². The van der Waals surface area contributed by atoms with Gasteiger partial charge in [-0.1, -0.05) is 5.16 Å². The van der Waals surface area contributed by atoms with Crippen LogP contribution >= 0.6 is 11.8 Å². The lowest BCUT2D eigenvalue weighted by molar-refractivity contribution is 0.0830. The quantitative estimate of drug-likeness (QED) is 0.773. The summed E-state index contributed by atoms with van der Waals surface area (Å²) >= 11 is 1.63. The number of thioether (sulfide) groups is 1. The Bertz CT molecular complexity index is 846. The summed E-state index contributed by atoms with van der Waals surface area (Å²) in [6.45, 7) is 4.36. The summed E-state index contributed by atoms with van der Waals surface area (Å²) in [7, 11) is 4.59. The van der Waals surface area contributed by atoms with Gasteiger partial charge in [0, 0.05) is 23.4 Å². The van der Waals surface area contributed by atoms with E-state index in [0.29, 0.717) is 29.4 Å². The molecule has 2 aromatic rings. The summed E-state index contributed by atoms with van der Waals surface area (Å²) < 4.78 is 21.3. The number of carbonyl (C=O) groups is 1. The molecule has 27 heavy (non-hydrogen) atoms. The molecule has 1 saturated heterocycles. The van der Waals surface area contributed by atoms with Crippen LogP contribution in [0.5, 0.6) is 17.2 Å². The van der Waals surface area contributed by atoms with E-state index in [9.17, 15) is 4.79 Å². The molecule has 3 rings (SSSR count). The van der Waals surface area contributed by atoms with Crippen molar-refractivity contribution in [2.24, 2.45) is 0 Å². The molecule has 1 amide bonds. The standard InChI is InChI=1S/C19H22N2O5S/c1-11-14(12(2)26-20-11)10-17-21(6-7-27-17)19(22)13-8-15(23-3)18(25-5)16(9-13)24-4/h8-10H,6-7H2,1-5H3/b17-10+. The third kappa shape index (κ3) is 3.62. The molecule has 0 aliphatic carbocycles. The first-order chi connectivity index (χ1) is 13.0. The lowest BCUT2D eigenvalue weighted by Gasteiger charge is -2.19. The number of amides is 1. The average molecular weight is 390 g/mol. The summed E-state index contributed by atoms with van der Waals surface area (Å²) in [6.07, 6.45) is 1.95. The second-order valence-electron chi connectivity index (χ2n) is 5.94. The maximum Gasteiger partial charge on any atom is 0.258 e. The maximum absolute atomic E-state index is 13.2. The van der Waals surface area contributed by atoms with Gasteiger partial charge < -0.3 is 23.6 Å². The van der Waals surface area contributed by atoms with Crippen molar-refractivity contribution < 1.29 is 23.5 Å². The first-order valence-corrected chi connectivity index (χ1v) is 9.38. The number of benzene rings is 1. The van der Waals surface area contributed by atoms with Crippen LogP contribution in [0.15, 0.2) is 21.7 Å². The van der Waals surface area contributed by atoms with E-state index >= 15 is 0 Å². The summed E-state index contributed by atoms with van der Waals surface area (Å²) in [5.41, 5.74) is 2.17. The van der Waals surface area contributed by atoms with Crippen molar-refractivity contribution in [2.45, 2.75) is 13.8 Å². The fourth-order valence-corrected chi connectivity index (χ4v) is 3.95. The van der Waals surface area contributed by atoms with Crippen LogP contribution in [0.3, 0.4) is 0 Å². The van der Waals surface area contributed by atoms with Gasteiger partial charge in [-0.3, -0.25) is 4.79 Å². The van der Waals surface area contributed by atoms with Crippen LogP contribution in [-0.2, 0) is 0 Å². The maximum atomic E-state index is 13.2. The van der Waals surface area contributed by atoms with Crippen molar-refractivity contribution in [1.29, 1.82) is 0 Å². The zero-order valence-corrected chi connectivity index (χ0v) is 16.8. The van der Waals surface area contributed by atoms with Crippen LogP contribution < -0.4 is 14.2 Å². The van der Waals surface area contributed by atoms with Gasteiger partial charge in [0.2, 0.25) is 5.75 Å². The Morgan fingerprint density at radius 1 is 1.19 bits per heavy atom. The van der Waals surface area contributed by atoms with E-state index in [0.717, 1.165) is 27.8 Å². The number of ether oxygens (including phenoxy) is 3. The summed E-state index contributed by atoms with van der Waals surface area (Å²) in [4.78, 5) is 14.9. The van der Waals surface area contributed by atoms with Crippen LogP contribution in [0.4, 0.5) is 0 Å². The van der Waals surface area contributed by atoms with Crippen molar-refractivity contribution in [3.8, 4) is 17.2 Å². The molecule has 1 aliphatic heterocycles. The minimum atomic E-state index is -0.128. The van der Waals surface area contributed by atoms with Gasteiger partial charge in [-0.25, -0.2) is 0 Å². The third-order valence-corrected chi connectivity index (χ3v) is 5.36. The van der Waals surface area contributed by atoms with Crippen molar-refractivity contribution in [1.82, 2.24) is 10.1 Å². The normalized spacial score (nSPS) is 15.3. The minimum Gasteiger partial charge on any atom is -0.493 e. The number of aromatic nitrogens is 1. The Morgan fingerprint density at radius 2 is 1.85 bits per heavy atom. The molecule has 1 aliphatic rings. The molecule has 0 atom stereocenters. The van der Waals surface area contributed by atoms with Gasteiger partial charge in [0.05, 0.1) is 32.1 Å². The number of carbonyl (C=O) groups excluding carboxylic acids is 1. The summed E-state index contributed by atoms with van der Waals surface area (Å²) in [5, 5.41) is 4.84. The van der Waals surface area contributed by atoms with E-state index in [2.05, 4.69) is 5.16 Å². The Balaban J connectivity index is 1.97. The predicted octanol–water partition coefficient (Wildman–Crippen LogP) is 3.50. The van der Waals surface area contributed by atoms with E-state index in [1.54, 1.807) is 28.8 Å². The molecule has 0 saturated carbocycles. The first-order valence-electron chi connectivity index (χ1n) is 8.39. The molecule has 1 aromatic heterocycles. The molecule has 8 heteroatoms. The average Bonchev–Trinajstić information content (AvgIpc) is 3.28. The second kappa shape index (κ2) is 7.96. The van der Waals surface area contributed by atoms with E-state index in [1.807, 2.05) is 19.9 Å². The summed E-state index contributed by atoms with van der Waals surface area (Å²) in [6, 6.07) is 3.33. The van der Waals surface area contributed by atoms with E-state index in [1.165, 1.54) is 21.3 Å². The lowest BCUT2D eigenvalue weighted by atomic mass is 10.1. The van der Waals surface area contributed by atoms with E-state index < -0.39 is 0 Å². The highest BCUT2D eigenvalue weighted by atomic mass is 32.2. The zero-order chi connectivity index (χ0) is 19.6. The monoisotopic (exact) mass is 390 g/mol. The topological polar surface area (TPSA) is 74.0 Å². The second-order valence-corrected chi connectivity index (χ2v) is 7.05. The van der Waals surface area contributed by atoms with Gasteiger partial charge in [0.1, 0.15) is 5.76 Å². The highest BCUT2D eigenvalue weighted by molar-refractivity contribution is 8.03. The smallest absolute Gasteiger partial charge is 0.258 e. The van der Waals surface area contributed by atoms with Gasteiger partial charge in [0.25, 0.3) is 5.91 Å². The fourth-order valence-electron chi connectivity index (χ4n) is 2.93. The number of rotatable bonds is 5. The lowest BCUT2D eigenvalue weighted by Crippen LogP contribution is -2.26. The molecule has 0 bridgehead atoms. The zero-order valence-electron chi connectivity index (χ0n) is 16.0. The third-order valence-electron chi connectivity index (χ3n) is 4.34. The summed E-state index contributed by atoms with van der Waals surface area (Å²) in [5.74, 6) is 2.78. The van der Waals surface area contributed by atoms with E-state index in [-0.39, 0.29) is 5.91 Å². The van der Waals surface area contributed by atoms with Crippen LogP contribution in [-0.4, -0.2) is 49.6 Å². The van der Waals surface area contributed by atoms with Gasteiger partial charge in [-0.05, 0) is 32.1 Å². The molecule has 1 aromatic carbocycles. The SMILES string of the molecule is COc1cc(C(=O)N2CCS/C2=C/c2c(C)noc2C)cc(OC)c1OC. The number of nitrogens with zero attached hydrogens (tertiary/aromatic N) is 2. The van der Waals surface area contributed by atoms with Gasteiger partial charge in [-0.2, -0.15) is 0 Å². The number of hydrogen-bond donors (Lipinski definition) is 0. The highest BCUT2D eigenvalue weighted by Gasteiger charge is 2.28. The molecule has 2 heterocycles. The predicted molar refractivity (Wildman–Crippen MR) is 104 cm³/mol. The van der Waals surface area contributed by atoms with Gasteiger partial charge >= 0.3 is 0 Å². The Hall–Kier alpha value is -2.61. The molecular weight excluding hydrogens is 368 g/mol. The molecule has 0 N–H and O–H groups in total. The number of methoxy groups -OCH3 is 3. The largest absolute Gasteiger partial charge is 0.493 e. The molecular formula is C19H22N2O5S.